The Bertz CT molecular complexity index is 1220. The van der Waals surface area contributed by atoms with Crippen molar-refractivity contribution in [3.8, 4) is 0 Å². The monoisotopic (exact) mass is 524 g/mol. The van der Waals surface area contributed by atoms with E-state index in [1.165, 1.54) is 24.4 Å². The highest BCUT2D eigenvalue weighted by molar-refractivity contribution is 5.99. The minimum Gasteiger partial charge on any atom is -0.387 e. The van der Waals surface area contributed by atoms with Crippen molar-refractivity contribution in [3.05, 3.63) is 65.4 Å². The first-order valence-corrected chi connectivity index (χ1v) is 11.8. The van der Waals surface area contributed by atoms with E-state index in [0.29, 0.717) is 43.2 Å². The van der Waals surface area contributed by atoms with Gasteiger partial charge in [0.05, 0.1) is 5.56 Å². The third-order valence-electron chi connectivity index (χ3n) is 6.98. The predicted molar refractivity (Wildman–Crippen MR) is 122 cm³/mol. The Morgan fingerprint density at radius 2 is 1.92 bits per heavy atom. The number of H-pyrrole nitrogens is 1. The molecule has 2 N–H and O–H groups in total. The van der Waals surface area contributed by atoms with Crippen LogP contribution >= 0.6 is 0 Å². The van der Waals surface area contributed by atoms with E-state index < -0.39 is 29.5 Å². The molecule has 0 radical (unpaired) electrons. The summed E-state index contributed by atoms with van der Waals surface area (Å²) in [5.41, 5.74) is 0.957. The number of imidazole rings is 1. The topological polar surface area (TPSA) is 85.8 Å². The van der Waals surface area contributed by atoms with Gasteiger partial charge in [0.2, 0.25) is 5.91 Å². The second-order valence-electron chi connectivity index (χ2n) is 9.55. The number of carbonyl (C=O) groups is 1. The summed E-state index contributed by atoms with van der Waals surface area (Å²) in [6.07, 6.45) is -0.0485. The Labute approximate surface area is 209 Å². The molecule has 5 rings (SSSR count). The van der Waals surface area contributed by atoms with Gasteiger partial charge in [0.15, 0.2) is 6.10 Å². The molecule has 2 atom stereocenters. The molecule has 1 aromatic carbocycles. The quantitative estimate of drug-likeness (QED) is 0.580. The minimum absolute atomic E-state index is 0.0406. The minimum atomic E-state index is -4.48. The van der Waals surface area contributed by atoms with Crippen LogP contribution in [0.15, 0.2) is 41.8 Å². The molecule has 0 spiro atoms. The lowest BCUT2D eigenvalue weighted by Gasteiger charge is -2.33. The van der Waals surface area contributed by atoms with E-state index in [2.05, 4.69) is 20.5 Å². The van der Waals surface area contributed by atoms with Crippen LogP contribution in [-0.4, -0.2) is 62.8 Å². The Hall–Kier alpha value is -3.48. The molecule has 13 heteroatoms. The van der Waals surface area contributed by atoms with Crippen LogP contribution in [-0.2, 0) is 9.63 Å². The smallest absolute Gasteiger partial charge is 0.387 e. The van der Waals surface area contributed by atoms with Crippen molar-refractivity contribution in [3.63, 3.8) is 0 Å². The Kier molecular flexibility index (Phi) is 6.42. The molecule has 3 aliphatic rings. The maximum atomic E-state index is 14.1. The maximum Gasteiger partial charge on any atom is 0.411 e. The SMILES string of the molecule is CC1(C(F)(F)F)C=CN(CC(=O)N2CCC(c3nc(C4=NO[C@H](c5c(F)cccc5F)C4)c[nH]3)CC2)N1. The van der Waals surface area contributed by atoms with Gasteiger partial charge in [-0.15, -0.1) is 0 Å². The van der Waals surface area contributed by atoms with Gasteiger partial charge >= 0.3 is 6.18 Å². The zero-order valence-corrected chi connectivity index (χ0v) is 19.9. The number of oxime groups is 1. The molecule has 1 saturated heterocycles. The lowest BCUT2D eigenvalue weighted by Crippen LogP contribution is -2.56. The summed E-state index contributed by atoms with van der Waals surface area (Å²) in [5.74, 6) is -0.923. The van der Waals surface area contributed by atoms with E-state index in [0.717, 1.165) is 18.0 Å². The van der Waals surface area contributed by atoms with Crippen molar-refractivity contribution < 1.29 is 31.6 Å². The lowest BCUT2D eigenvalue weighted by atomic mass is 9.96. The average Bonchev–Trinajstić information content (AvgIpc) is 3.59. The van der Waals surface area contributed by atoms with E-state index in [1.54, 1.807) is 11.1 Å². The van der Waals surface area contributed by atoms with Crippen molar-refractivity contribution in [1.29, 1.82) is 0 Å². The number of aromatic nitrogens is 2. The summed E-state index contributed by atoms with van der Waals surface area (Å²) in [4.78, 5) is 27.3. The van der Waals surface area contributed by atoms with Gasteiger partial charge in [-0.3, -0.25) is 4.79 Å². The summed E-state index contributed by atoms with van der Waals surface area (Å²) < 4.78 is 67.6. The first-order valence-electron chi connectivity index (χ1n) is 11.8. The van der Waals surface area contributed by atoms with Gasteiger partial charge in [-0.2, -0.15) is 13.2 Å². The lowest BCUT2D eigenvalue weighted by molar-refractivity contribution is -0.183. The molecule has 0 saturated carbocycles. The van der Waals surface area contributed by atoms with Crippen molar-refractivity contribution in [2.75, 3.05) is 19.6 Å². The first kappa shape index (κ1) is 25.2. The van der Waals surface area contributed by atoms with Gasteiger partial charge in [-0.25, -0.2) is 19.2 Å². The molecule has 8 nitrogen and oxygen atoms in total. The molecule has 3 aliphatic heterocycles. The second kappa shape index (κ2) is 9.43. The molecule has 2 aromatic rings. The van der Waals surface area contributed by atoms with E-state index in [1.807, 2.05) is 0 Å². The fourth-order valence-corrected chi connectivity index (χ4v) is 4.71. The molecular formula is C24H25F5N6O2. The number of nitrogens with one attached hydrogen (secondary N) is 2. The van der Waals surface area contributed by atoms with Crippen molar-refractivity contribution in [1.82, 2.24) is 25.3 Å². The van der Waals surface area contributed by atoms with E-state index in [-0.39, 0.29) is 30.4 Å². The fraction of sp³-hybridized carbons (Fsp3) is 0.458. The number of amides is 1. The Morgan fingerprint density at radius 1 is 1.22 bits per heavy atom. The van der Waals surface area contributed by atoms with Gasteiger partial charge in [0.25, 0.3) is 0 Å². The number of hydrazine groups is 1. The van der Waals surface area contributed by atoms with Crippen LogP contribution in [0, 0.1) is 11.6 Å². The van der Waals surface area contributed by atoms with Crippen LogP contribution in [0.2, 0.25) is 0 Å². The molecule has 4 heterocycles. The van der Waals surface area contributed by atoms with Crippen LogP contribution < -0.4 is 5.43 Å². The van der Waals surface area contributed by atoms with Crippen molar-refractivity contribution >= 4 is 11.6 Å². The summed E-state index contributed by atoms with van der Waals surface area (Å²) in [7, 11) is 0. The van der Waals surface area contributed by atoms with Gasteiger partial charge in [0, 0.05) is 37.8 Å². The Balaban J connectivity index is 1.13. The van der Waals surface area contributed by atoms with E-state index in [4.69, 9.17) is 4.84 Å². The maximum absolute atomic E-state index is 14.1. The summed E-state index contributed by atoms with van der Waals surface area (Å²) >= 11 is 0. The van der Waals surface area contributed by atoms with Crippen molar-refractivity contribution in [2.45, 2.75) is 49.9 Å². The fourth-order valence-electron chi connectivity index (χ4n) is 4.71. The normalized spacial score (nSPS) is 24.5. The standard InChI is InChI=1S/C24H25F5N6O2/c1-23(24(27,28)29)7-10-35(33-23)13-20(36)34-8-5-14(6-9-34)22-30-12-18(31-22)17-11-19(37-32-17)21-15(25)3-2-4-16(21)26/h2-4,7,10,12,14,19,33H,5-6,8-9,11,13H2,1H3,(H,30,31)/t19-,23?/m0/s1. The summed E-state index contributed by atoms with van der Waals surface area (Å²) in [6.45, 7) is 1.68. The number of nitrogens with zero attached hydrogens (tertiary/aromatic N) is 4. The van der Waals surface area contributed by atoms with Gasteiger partial charge < -0.3 is 19.7 Å². The number of aromatic amines is 1. The van der Waals surface area contributed by atoms with Gasteiger partial charge in [-0.05, 0) is 38.0 Å². The number of hydrogen-bond donors (Lipinski definition) is 2. The third-order valence-corrected chi connectivity index (χ3v) is 6.98. The number of alkyl halides is 3. The van der Waals surface area contributed by atoms with Crippen LogP contribution in [0.4, 0.5) is 22.0 Å². The molecule has 1 fully saturated rings. The molecule has 1 amide bonds. The van der Waals surface area contributed by atoms with Gasteiger partial charge in [-0.1, -0.05) is 11.2 Å². The molecule has 0 aliphatic carbocycles. The number of piperidine rings is 1. The predicted octanol–water partition coefficient (Wildman–Crippen LogP) is 3.91. The number of halogens is 5. The van der Waals surface area contributed by atoms with Gasteiger partial charge in [0.1, 0.15) is 40.9 Å². The number of rotatable bonds is 5. The highest BCUT2D eigenvalue weighted by Gasteiger charge is 2.52. The van der Waals surface area contributed by atoms with Crippen LogP contribution in [0.1, 0.15) is 55.3 Å². The highest BCUT2D eigenvalue weighted by atomic mass is 19.4. The summed E-state index contributed by atoms with van der Waals surface area (Å²) in [6, 6.07) is 3.62. The van der Waals surface area contributed by atoms with Crippen LogP contribution in [0.3, 0.4) is 0 Å². The number of hydrogen-bond acceptors (Lipinski definition) is 6. The molecular weight excluding hydrogens is 499 g/mol. The second-order valence-corrected chi connectivity index (χ2v) is 9.55. The largest absolute Gasteiger partial charge is 0.411 e. The van der Waals surface area contributed by atoms with E-state index >= 15 is 0 Å². The first-order chi connectivity index (χ1) is 17.5. The number of carbonyl (C=O) groups excluding carboxylic acids is 1. The van der Waals surface area contributed by atoms with E-state index in [9.17, 15) is 26.7 Å². The van der Waals surface area contributed by atoms with Crippen molar-refractivity contribution in [2.24, 2.45) is 5.16 Å². The molecule has 1 aromatic heterocycles. The molecule has 198 valence electrons. The average molecular weight is 524 g/mol. The zero-order chi connectivity index (χ0) is 26.4. The third kappa shape index (κ3) is 4.91. The highest BCUT2D eigenvalue weighted by Crippen LogP contribution is 2.35. The molecule has 37 heavy (non-hydrogen) atoms. The number of likely N-dealkylation sites (tertiary alicyclic amines) is 1. The van der Waals surface area contributed by atoms with Crippen LogP contribution in [0.25, 0.3) is 0 Å². The molecule has 1 unspecified atom stereocenters. The number of benzene rings is 1. The summed E-state index contributed by atoms with van der Waals surface area (Å²) in [5, 5.41) is 5.13. The Morgan fingerprint density at radius 3 is 2.57 bits per heavy atom. The zero-order valence-electron chi connectivity index (χ0n) is 19.9. The van der Waals surface area contributed by atoms with Crippen LogP contribution in [0.5, 0.6) is 0 Å². The molecule has 0 bridgehead atoms.